The average molecular weight is 329 g/mol. The molecule has 1 aliphatic carbocycles. The van der Waals surface area contributed by atoms with E-state index in [-0.39, 0.29) is 5.54 Å². The normalized spacial score (nSPS) is 19.3. The predicted molar refractivity (Wildman–Crippen MR) is 77.8 cm³/mol. The van der Waals surface area contributed by atoms with Crippen molar-refractivity contribution in [2.24, 2.45) is 5.73 Å². The molecule has 1 aromatic heterocycles. The van der Waals surface area contributed by atoms with Gasteiger partial charge in [0, 0.05) is 9.50 Å². The van der Waals surface area contributed by atoms with Crippen molar-refractivity contribution in [3.05, 3.63) is 27.5 Å². The Morgan fingerprint density at radius 2 is 2.00 bits per heavy atom. The smallest absolute Gasteiger partial charge is 0.127 e. The maximum Gasteiger partial charge on any atom is 0.127 e. The monoisotopic (exact) mass is 327 g/mol. The standard InChI is InChI=1S/C13H15BrClN3/c14-9-6-8(15)7-10-11(9)18-12(17-10)13(16)4-2-1-3-5-13/h6-7H,1-5,16H2,(H,17,18). The van der Waals surface area contributed by atoms with Gasteiger partial charge in [-0.3, -0.25) is 0 Å². The molecule has 3 nitrogen and oxygen atoms in total. The number of nitrogens with one attached hydrogen (secondary N) is 1. The molecule has 0 saturated heterocycles. The van der Waals surface area contributed by atoms with Crippen LogP contribution < -0.4 is 5.73 Å². The molecule has 0 radical (unpaired) electrons. The van der Waals surface area contributed by atoms with Crippen molar-refractivity contribution in [1.29, 1.82) is 0 Å². The quantitative estimate of drug-likeness (QED) is 0.828. The Balaban J connectivity index is 2.10. The first-order chi connectivity index (χ1) is 8.58. The Morgan fingerprint density at radius 3 is 2.72 bits per heavy atom. The third kappa shape index (κ3) is 2.06. The van der Waals surface area contributed by atoms with Crippen molar-refractivity contribution in [2.75, 3.05) is 0 Å². The molecule has 1 saturated carbocycles. The van der Waals surface area contributed by atoms with E-state index in [4.69, 9.17) is 17.3 Å². The Bertz CT molecular complexity index is 587. The van der Waals surface area contributed by atoms with E-state index in [0.717, 1.165) is 34.2 Å². The van der Waals surface area contributed by atoms with Crippen LogP contribution in [-0.2, 0) is 5.54 Å². The fourth-order valence-corrected chi connectivity index (χ4v) is 3.60. The van der Waals surface area contributed by atoms with Crippen molar-refractivity contribution in [1.82, 2.24) is 9.97 Å². The van der Waals surface area contributed by atoms with Crippen LogP contribution in [0.2, 0.25) is 5.02 Å². The van der Waals surface area contributed by atoms with E-state index in [2.05, 4.69) is 25.9 Å². The molecule has 0 amide bonds. The van der Waals surface area contributed by atoms with Crippen LogP contribution in [-0.4, -0.2) is 9.97 Å². The van der Waals surface area contributed by atoms with Gasteiger partial charge in [0.15, 0.2) is 0 Å². The van der Waals surface area contributed by atoms with E-state index in [1.807, 2.05) is 12.1 Å². The number of hydrogen-bond donors (Lipinski definition) is 2. The van der Waals surface area contributed by atoms with Gasteiger partial charge in [0.1, 0.15) is 11.3 Å². The van der Waals surface area contributed by atoms with Gasteiger partial charge in [-0.2, -0.15) is 0 Å². The second kappa shape index (κ2) is 4.51. The highest BCUT2D eigenvalue weighted by Crippen LogP contribution is 2.35. The number of H-pyrrole nitrogens is 1. The molecule has 1 heterocycles. The highest BCUT2D eigenvalue weighted by atomic mass is 79.9. The number of fused-ring (bicyclic) bond motifs is 1. The van der Waals surface area contributed by atoms with Crippen molar-refractivity contribution in [3.63, 3.8) is 0 Å². The van der Waals surface area contributed by atoms with Crippen LogP contribution in [0.5, 0.6) is 0 Å². The topological polar surface area (TPSA) is 54.7 Å². The van der Waals surface area contributed by atoms with Gasteiger partial charge in [-0.15, -0.1) is 0 Å². The minimum Gasteiger partial charge on any atom is -0.340 e. The lowest BCUT2D eigenvalue weighted by atomic mass is 9.82. The molecule has 0 spiro atoms. The maximum absolute atomic E-state index is 6.49. The van der Waals surface area contributed by atoms with Crippen LogP contribution >= 0.6 is 27.5 Å². The molecule has 0 unspecified atom stereocenters. The fourth-order valence-electron chi connectivity index (χ4n) is 2.70. The molecule has 3 rings (SSSR count). The summed E-state index contributed by atoms with van der Waals surface area (Å²) in [6, 6.07) is 3.75. The molecular weight excluding hydrogens is 314 g/mol. The first-order valence-corrected chi connectivity index (χ1v) is 7.40. The summed E-state index contributed by atoms with van der Waals surface area (Å²) in [7, 11) is 0. The summed E-state index contributed by atoms with van der Waals surface area (Å²) in [5.74, 6) is 0.889. The molecule has 18 heavy (non-hydrogen) atoms. The molecule has 1 aromatic carbocycles. The van der Waals surface area contributed by atoms with Gasteiger partial charge in [0.05, 0.1) is 11.1 Å². The summed E-state index contributed by atoms with van der Waals surface area (Å²) in [4.78, 5) is 8.00. The minimum absolute atomic E-state index is 0.302. The summed E-state index contributed by atoms with van der Waals surface area (Å²) in [5, 5.41) is 0.694. The lowest BCUT2D eigenvalue weighted by Gasteiger charge is -2.31. The van der Waals surface area contributed by atoms with Crippen molar-refractivity contribution in [3.8, 4) is 0 Å². The SMILES string of the molecule is NC1(c2nc3c(Br)cc(Cl)cc3[nH]2)CCCCC1. The Hall–Kier alpha value is -0.580. The number of halogens is 2. The van der Waals surface area contributed by atoms with Gasteiger partial charge in [0.25, 0.3) is 0 Å². The number of benzene rings is 1. The molecule has 0 aliphatic heterocycles. The molecule has 0 atom stereocenters. The average Bonchev–Trinajstić information content (AvgIpc) is 2.74. The van der Waals surface area contributed by atoms with E-state index >= 15 is 0 Å². The van der Waals surface area contributed by atoms with Crippen molar-refractivity contribution < 1.29 is 0 Å². The molecule has 1 fully saturated rings. The van der Waals surface area contributed by atoms with Crippen molar-refractivity contribution in [2.45, 2.75) is 37.6 Å². The number of imidazole rings is 1. The molecular formula is C13H15BrClN3. The number of rotatable bonds is 1. The van der Waals surface area contributed by atoms with Gasteiger partial charge >= 0.3 is 0 Å². The summed E-state index contributed by atoms with van der Waals surface area (Å²) in [5.41, 5.74) is 8.04. The number of aromatic nitrogens is 2. The lowest BCUT2D eigenvalue weighted by molar-refractivity contribution is 0.289. The fraction of sp³-hybridized carbons (Fsp3) is 0.462. The lowest BCUT2D eigenvalue weighted by Crippen LogP contribution is -2.39. The van der Waals surface area contributed by atoms with E-state index in [1.165, 1.54) is 19.3 Å². The maximum atomic E-state index is 6.49. The summed E-state index contributed by atoms with van der Waals surface area (Å²) >= 11 is 9.54. The van der Waals surface area contributed by atoms with Gasteiger partial charge in [-0.1, -0.05) is 30.9 Å². The molecule has 3 N–H and O–H groups in total. The highest BCUT2D eigenvalue weighted by molar-refractivity contribution is 9.10. The Morgan fingerprint density at radius 1 is 1.28 bits per heavy atom. The highest BCUT2D eigenvalue weighted by Gasteiger charge is 2.32. The van der Waals surface area contributed by atoms with E-state index in [0.29, 0.717) is 5.02 Å². The number of aromatic amines is 1. The summed E-state index contributed by atoms with van der Waals surface area (Å²) in [6.45, 7) is 0. The second-order valence-electron chi connectivity index (χ2n) is 5.09. The molecule has 1 aliphatic rings. The van der Waals surface area contributed by atoms with Crippen LogP contribution in [0.1, 0.15) is 37.9 Å². The van der Waals surface area contributed by atoms with E-state index in [1.54, 1.807) is 0 Å². The molecule has 96 valence electrons. The van der Waals surface area contributed by atoms with Crippen molar-refractivity contribution >= 4 is 38.6 Å². The zero-order valence-electron chi connectivity index (χ0n) is 9.97. The number of nitrogens with zero attached hydrogens (tertiary/aromatic N) is 1. The minimum atomic E-state index is -0.302. The van der Waals surface area contributed by atoms with Crippen LogP contribution in [0.25, 0.3) is 11.0 Å². The van der Waals surface area contributed by atoms with Crippen LogP contribution in [0, 0.1) is 0 Å². The molecule has 5 heteroatoms. The van der Waals surface area contributed by atoms with Crippen LogP contribution in [0.4, 0.5) is 0 Å². The zero-order chi connectivity index (χ0) is 12.8. The first kappa shape index (κ1) is 12.5. The molecule has 0 bridgehead atoms. The number of hydrogen-bond acceptors (Lipinski definition) is 2. The summed E-state index contributed by atoms with van der Waals surface area (Å²) < 4.78 is 0.909. The Labute approximate surface area is 119 Å². The predicted octanol–water partition coefficient (Wildman–Crippen LogP) is 4.10. The third-order valence-electron chi connectivity index (χ3n) is 3.72. The van der Waals surface area contributed by atoms with E-state index < -0.39 is 0 Å². The zero-order valence-corrected chi connectivity index (χ0v) is 12.3. The third-order valence-corrected chi connectivity index (χ3v) is 4.54. The first-order valence-electron chi connectivity index (χ1n) is 6.23. The van der Waals surface area contributed by atoms with Crippen LogP contribution in [0.15, 0.2) is 16.6 Å². The van der Waals surface area contributed by atoms with Gasteiger partial charge < -0.3 is 10.7 Å². The molecule has 2 aromatic rings. The summed E-state index contributed by atoms with van der Waals surface area (Å²) in [6.07, 6.45) is 5.62. The van der Waals surface area contributed by atoms with E-state index in [9.17, 15) is 0 Å². The van der Waals surface area contributed by atoms with Gasteiger partial charge in [-0.05, 0) is 40.9 Å². The largest absolute Gasteiger partial charge is 0.340 e. The number of nitrogens with two attached hydrogens (primary N) is 1. The second-order valence-corrected chi connectivity index (χ2v) is 6.38. The Kier molecular flexibility index (Phi) is 3.12. The van der Waals surface area contributed by atoms with Crippen LogP contribution in [0.3, 0.4) is 0 Å². The van der Waals surface area contributed by atoms with Gasteiger partial charge in [-0.25, -0.2) is 4.98 Å². The van der Waals surface area contributed by atoms with Gasteiger partial charge in [0.2, 0.25) is 0 Å².